The van der Waals surface area contributed by atoms with Crippen LogP contribution in [0.5, 0.6) is 0 Å². The first-order valence-electron chi connectivity index (χ1n) is 10.2. The number of aromatic nitrogens is 1. The van der Waals surface area contributed by atoms with E-state index in [0.717, 1.165) is 57.3 Å². The van der Waals surface area contributed by atoms with Crippen LogP contribution in [0.4, 0.5) is 0 Å². The first-order chi connectivity index (χ1) is 13.6. The van der Waals surface area contributed by atoms with Crippen LogP contribution in [0.25, 0.3) is 10.9 Å². The standard InChI is InChI=1S/C21H33N5O2/c1-3-22-20(25-15-21(2,27)16-26-10-12-28-13-11-26)23-9-8-17-14-24-19-7-5-4-6-18(17)19/h4-7,14,24,27H,3,8-13,15-16H2,1-2H3,(H2,22,23,25). The van der Waals surface area contributed by atoms with Gasteiger partial charge in [0.1, 0.15) is 0 Å². The van der Waals surface area contributed by atoms with Crippen LogP contribution in [-0.2, 0) is 11.2 Å². The fourth-order valence-electron chi connectivity index (χ4n) is 3.54. The van der Waals surface area contributed by atoms with Gasteiger partial charge in [0.05, 0.1) is 25.4 Å². The molecule has 1 aromatic carbocycles. The smallest absolute Gasteiger partial charge is 0.191 e. The minimum atomic E-state index is -0.865. The number of ether oxygens (including phenoxy) is 1. The van der Waals surface area contributed by atoms with Gasteiger partial charge < -0.3 is 25.5 Å². The Morgan fingerprint density at radius 3 is 2.86 bits per heavy atom. The number of hydrogen-bond donors (Lipinski definition) is 4. The molecule has 2 heterocycles. The number of morpholine rings is 1. The highest BCUT2D eigenvalue weighted by Crippen LogP contribution is 2.17. The highest BCUT2D eigenvalue weighted by molar-refractivity contribution is 5.83. The second-order valence-corrected chi connectivity index (χ2v) is 7.62. The molecule has 3 rings (SSSR count). The molecular weight excluding hydrogens is 354 g/mol. The van der Waals surface area contributed by atoms with Crippen LogP contribution in [0, 0.1) is 0 Å². The lowest BCUT2D eigenvalue weighted by molar-refractivity contribution is -0.0179. The van der Waals surface area contributed by atoms with E-state index in [0.29, 0.717) is 13.1 Å². The van der Waals surface area contributed by atoms with Crippen LogP contribution < -0.4 is 10.6 Å². The van der Waals surface area contributed by atoms with E-state index in [2.05, 4.69) is 49.9 Å². The summed E-state index contributed by atoms with van der Waals surface area (Å²) in [5, 5.41) is 18.6. The minimum Gasteiger partial charge on any atom is -0.387 e. The van der Waals surface area contributed by atoms with Crippen LogP contribution >= 0.6 is 0 Å². The van der Waals surface area contributed by atoms with Gasteiger partial charge in [-0.15, -0.1) is 0 Å². The normalized spacial score (nSPS) is 18.2. The molecule has 0 bridgehead atoms. The molecule has 0 amide bonds. The quantitative estimate of drug-likeness (QED) is 0.406. The third-order valence-electron chi connectivity index (χ3n) is 4.95. The number of nitrogens with one attached hydrogen (secondary N) is 3. The topological polar surface area (TPSA) is 84.9 Å². The number of nitrogens with zero attached hydrogens (tertiary/aromatic N) is 2. The molecule has 1 atom stereocenters. The molecular formula is C21H33N5O2. The second-order valence-electron chi connectivity index (χ2n) is 7.62. The number of rotatable bonds is 8. The summed E-state index contributed by atoms with van der Waals surface area (Å²) in [6, 6.07) is 8.34. The molecule has 1 fully saturated rings. The Hall–Kier alpha value is -2.09. The molecule has 0 spiro atoms. The number of fused-ring (bicyclic) bond motifs is 1. The molecule has 2 aromatic rings. The number of aromatic amines is 1. The van der Waals surface area contributed by atoms with Gasteiger partial charge in [-0.2, -0.15) is 0 Å². The molecule has 1 saturated heterocycles. The fourth-order valence-corrected chi connectivity index (χ4v) is 3.54. The molecule has 1 aromatic heterocycles. The molecule has 0 saturated carbocycles. The zero-order valence-electron chi connectivity index (χ0n) is 17.0. The first-order valence-corrected chi connectivity index (χ1v) is 10.2. The van der Waals surface area contributed by atoms with Crippen LogP contribution in [0.15, 0.2) is 35.5 Å². The summed E-state index contributed by atoms with van der Waals surface area (Å²) in [4.78, 5) is 10.2. The number of hydrogen-bond acceptors (Lipinski definition) is 4. The Bertz CT molecular complexity index is 765. The summed E-state index contributed by atoms with van der Waals surface area (Å²) in [5.41, 5.74) is 1.59. The molecule has 154 valence electrons. The van der Waals surface area contributed by atoms with Gasteiger partial charge in [-0.05, 0) is 31.9 Å². The summed E-state index contributed by atoms with van der Waals surface area (Å²) in [6.45, 7) is 9.61. The number of benzene rings is 1. The Morgan fingerprint density at radius 2 is 2.07 bits per heavy atom. The average molecular weight is 388 g/mol. The van der Waals surface area contributed by atoms with E-state index in [-0.39, 0.29) is 0 Å². The lowest BCUT2D eigenvalue weighted by Gasteiger charge is -2.33. The van der Waals surface area contributed by atoms with Crippen molar-refractivity contribution in [3.63, 3.8) is 0 Å². The highest BCUT2D eigenvalue weighted by Gasteiger charge is 2.25. The van der Waals surface area contributed by atoms with Crippen LogP contribution in [0.3, 0.4) is 0 Å². The van der Waals surface area contributed by atoms with Crippen molar-refractivity contribution in [2.45, 2.75) is 25.9 Å². The van der Waals surface area contributed by atoms with Crippen molar-refractivity contribution < 1.29 is 9.84 Å². The monoisotopic (exact) mass is 387 g/mol. The Kier molecular flexibility index (Phi) is 7.30. The van der Waals surface area contributed by atoms with E-state index < -0.39 is 5.60 Å². The molecule has 1 unspecified atom stereocenters. The van der Waals surface area contributed by atoms with Gasteiger partial charge in [0.2, 0.25) is 0 Å². The Labute approximate surface area is 167 Å². The average Bonchev–Trinajstić information content (AvgIpc) is 3.10. The number of aliphatic imine (C=N–C) groups is 1. The summed E-state index contributed by atoms with van der Waals surface area (Å²) >= 11 is 0. The lowest BCUT2D eigenvalue weighted by atomic mass is 10.1. The van der Waals surface area contributed by atoms with Gasteiger partial charge >= 0.3 is 0 Å². The summed E-state index contributed by atoms with van der Waals surface area (Å²) in [7, 11) is 0. The van der Waals surface area contributed by atoms with E-state index in [1.807, 2.05) is 19.9 Å². The van der Waals surface area contributed by atoms with E-state index in [1.165, 1.54) is 10.9 Å². The van der Waals surface area contributed by atoms with Crippen molar-refractivity contribution in [3.8, 4) is 0 Å². The molecule has 1 aliphatic rings. The van der Waals surface area contributed by atoms with Crippen molar-refractivity contribution in [2.75, 3.05) is 52.5 Å². The summed E-state index contributed by atoms with van der Waals surface area (Å²) in [6.07, 6.45) is 2.97. The molecule has 0 aliphatic carbocycles. The van der Waals surface area contributed by atoms with Gasteiger partial charge in [0, 0.05) is 49.8 Å². The third kappa shape index (κ3) is 5.95. The largest absolute Gasteiger partial charge is 0.387 e. The Morgan fingerprint density at radius 1 is 1.29 bits per heavy atom. The molecule has 1 aliphatic heterocycles. The minimum absolute atomic E-state index is 0.354. The van der Waals surface area contributed by atoms with Crippen molar-refractivity contribution in [1.29, 1.82) is 0 Å². The van der Waals surface area contributed by atoms with E-state index in [9.17, 15) is 5.11 Å². The predicted molar refractivity (Wildman–Crippen MR) is 114 cm³/mol. The zero-order chi connectivity index (χ0) is 19.8. The van der Waals surface area contributed by atoms with Crippen molar-refractivity contribution in [1.82, 2.24) is 20.5 Å². The zero-order valence-corrected chi connectivity index (χ0v) is 17.0. The molecule has 0 radical (unpaired) electrons. The maximum absolute atomic E-state index is 10.7. The van der Waals surface area contributed by atoms with Crippen molar-refractivity contribution >= 4 is 16.9 Å². The van der Waals surface area contributed by atoms with Gasteiger partial charge in [0.25, 0.3) is 0 Å². The van der Waals surface area contributed by atoms with Gasteiger partial charge in [-0.25, -0.2) is 0 Å². The van der Waals surface area contributed by atoms with Crippen LogP contribution in [-0.4, -0.2) is 79.0 Å². The number of aliphatic hydroxyl groups is 1. The number of H-pyrrole nitrogens is 1. The number of guanidine groups is 1. The molecule has 28 heavy (non-hydrogen) atoms. The summed E-state index contributed by atoms with van der Waals surface area (Å²) in [5.74, 6) is 0.740. The lowest BCUT2D eigenvalue weighted by Crippen LogP contribution is -2.48. The summed E-state index contributed by atoms with van der Waals surface area (Å²) < 4.78 is 5.37. The molecule has 7 heteroatoms. The number of β-amino-alcohol motifs (C(OH)–C–C–N with tert-alkyl or cyclic N) is 1. The highest BCUT2D eigenvalue weighted by atomic mass is 16.5. The van der Waals surface area contributed by atoms with Crippen molar-refractivity contribution in [3.05, 3.63) is 36.0 Å². The first kappa shape index (κ1) is 20.6. The maximum Gasteiger partial charge on any atom is 0.191 e. The van der Waals surface area contributed by atoms with E-state index in [4.69, 9.17) is 4.74 Å². The van der Waals surface area contributed by atoms with Crippen LogP contribution in [0.1, 0.15) is 19.4 Å². The molecule has 7 nitrogen and oxygen atoms in total. The number of para-hydroxylation sites is 1. The third-order valence-corrected chi connectivity index (χ3v) is 4.95. The van der Waals surface area contributed by atoms with Gasteiger partial charge in [-0.1, -0.05) is 18.2 Å². The maximum atomic E-state index is 10.7. The van der Waals surface area contributed by atoms with Gasteiger partial charge in [-0.3, -0.25) is 9.89 Å². The Balaban J connectivity index is 1.51. The fraction of sp³-hybridized carbons (Fsp3) is 0.571. The van der Waals surface area contributed by atoms with E-state index >= 15 is 0 Å². The van der Waals surface area contributed by atoms with Crippen molar-refractivity contribution in [2.24, 2.45) is 4.99 Å². The van der Waals surface area contributed by atoms with E-state index in [1.54, 1.807) is 0 Å². The predicted octanol–water partition coefficient (Wildman–Crippen LogP) is 1.35. The van der Waals surface area contributed by atoms with Crippen LogP contribution in [0.2, 0.25) is 0 Å². The molecule has 4 N–H and O–H groups in total. The second kappa shape index (κ2) is 9.91. The SMILES string of the molecule is CCNC(=NCC(C)(O)CN1CCOCC1)NCCc1c[nH]c2ccccc12. The van der Waals surface area contributed by atoms with Gasteiger partial charge in [0.15, 0.2) is 5.96 Å².